The Hall–Kier alpha value is -1.24. The van der Waals surface area contributed by atoms with Crippen molar-refractivity contribution in [3.05, 3.63) is 46.2 Å². The number of ether oxygens (including phenoxy) is 1. The fraction of sp³-hybridized carbons (Fsp3) is 0.385. The summed E-state index contributed by atoms with van der Waals surface area (Å²) in [6.45, 7) is 2.55. The second-order valence-electron chi connectivity index (χ2n) is 4.20. The maximum atomic E-state index is 6.35. The molecule has 6 heteroatoms. The summed E-state index contributed by atoms with van der Waals surface area (Å²) in [6, 6.07) is 9.61. The normalized spacial score (nSPS) is 14.3. The van der Waals surface area contributed by atoms with Gasteiger partial charge in [0, 0.05) is 13.7 Å². The molecule has 5 nitrogen and oxygen atoms in total. The standard InChI is InChI=1S/C13H17BrN4O/c1-3-19-12(9-7-5-4-6-8-9)10(15)11-13(14)16-17-18(11)2/h4-8,10,12H,3,15H2,1-2H3. The Morgan fingerprint density at radius 3 is 2.58 bits per heavy atom. The highest BCUT2D eigenvalue weighted by atomic mass is 79.9. The van der Waals surface area contributed by atoms with Crippen molar-refractivity contribution in [2.24, 2.45) is 12.8 Å². The highest BCUT2D eigenvalue weighted by Crippen LogP contribution is 2.32. The molecule has 0 aliphatic carbocycles. The number of aromatic nitrogens is 3. The van der Waals surface area contributed by atoms with Gasteiger partial charge in [0.25, 0.3) is 0 Å². The summed E-state index contributed by atoms with van der Waals surface area (Å²) >= 11 is 3.38. The molecule has 0 radical (unpaired) electrons. The molecule has 2 rings (SSSR count). The van der Waals surface area contributed by atoms with Crippen LogP contribution in [0.15, 0.2) is 34.9 Å². The fourth-order valence-corrected chi connectivity index (χ4v) is 2.66. The van der Waals surface area contributed by atoms with Gasteiger partial charge in [-0.05, 0) is 28.4 Å². The van der Waals surface area contributed by atoms with Gasteiger partial charge in [-0.3, -0.25) is 0 Å². The minimum Gasteiger partial charge on any atom is -0.372 e. The number of aryl methyl sites for hydroxylation is 1. The second-order valence-corrected chi connectivity index (χ2v) is 4.95. The van der Waals surface area contributed by atoms with Crippen molar-refractivity contribution in [2.75, 3.05) is 6.61 Å². The van der Waals surface area contributed by atoms with Crippen LogP contribution in [0.25, 0.3) is 0 Å². The summed E-state index contributed by atoms with van der Waals surface area (Å²) in [5, 5.41) is 7.93. The van der Waals surface area contributed by atoms with Crippen LogP contribution in [0, 0.1) is 0 Å². The molecule has 0 saturated carbocycles. The molecular formula is C13H17BrN4O. The van der Waals surface area contributed by atoms with Gasteiger partial charge in [0.2, 0.25) is 0 Å². The first kappa shape index (κ1) is 14.2. The quantitative estimate of drug-likeness (QED) is 0.916. The average Bonchev–Trinajstić information content (AvgIpc) is 2.76. The van der Waals surface area contributed by atoms with Crippen LogP contribution < -0.4 is 5.73 Å². The number of rotatable bonds is 5. The number of hydrogen-bond acceptors (Lipinski definition) is 4. The highest BCUT2D eigenvalue weighted by molar-refractivity contribution is 9.10. The van der Waals surface area contributed by atoms with Crippen molar-refractivity contribution in [3.63, 3.8) is 0 Å². The lowest BCUT2D eigenvalue weighted by molar-refractivity contribution is 0.0409. The van der Waals surface area contributed by atoms with E-state index in [1.807, 2.05) is 44.3 Å². The van der Waals surface area contributed by atoms with E-state index in [0.717, 1.165) is 11.3 Å². The summed E-state index contributed by atoms with van der Waals surface area (Å²) in [7, 11) is 1.82. The minimum absolute atomic E-state index is 0.222. The molecule has 0 saturated heterocycles. The van der Waals surface area contributed by atoms with Gasteiger partial charge in [0.1, 0.15) is 6.10 Å². The van der Waals surface area contributed by atoms with Crippen LogP contribution in [-0.2, 0) is 11.8 Å². The summed E-state index contributed by atoms with van der Waals surface area (Å²) in [5.74, 6) is 0. The largest absolute Gasteiger partial charge is 0.372 e. The Morgan fingerprint density at radius 1 is 1.37 bits per heavy atom. The van der Waals surface area contributed by atoms with E-state index in [0.29, 0.717) is 11.2 Å². The Labute approximate surface area is 120 Å². The zero-order valence-electron chi connectivity index (χ0n) is 11.0. The molecular weight excluding hydrogens is 308 g/mol. The molecule has 102 valence electrons. The molecule has 2 unspecified atom stereocenters. The lowest BCUT2D eigenvalue weighted by Crippen LogP contribution is -2.25. The van der Waals surface area contributed by atoms with E-state index in [9.17, 15) is 0 Å². The van der Waals surface area contributed by atoms with E-state index >= 15 is 0 Å². The predicted octanol–water partition coefficient (Wildman–Crippen LogP) is 2.36. The van der Waals surface area contributed by atoms with Crippen molar-refractivity contribution >= 4 is 15.9 Å². The molecule has 1 heterocycles. The van der Waals surface area contributed by atoms with Crippen LogP contribution in [-0.4, -0.2) is 21.6 Å². The third-order valence-electron chi connectivity index (χ3n) is 2.94. The van der Waals surface area contributed by atoms with Crippen LogP contribution in [0.4, 0.5) is 0 Å². The molecule has 2 N–H and O–H groups in total. The van der Waals surface area contributed by atoms with Gasteiger partial charge in [0.05, 0.1) is 11.7 Å². The zero-order valence-corrected chi connectivity index (χ0v) is 12.5. The molecule has 0 aliphatic heterocycles. The third-order valence-corrected chi connectivity index (χ3v) is 3.51. The molecule has 0 fully saturated rings. The van der Waals surface area contributed by atoms with Gasteiger partial charge in [0.15, 0.2) is 4.60 Å². The van der Waals surface area contributed by atoms with Crippen LogP contribution in [0.1, 0.15) is 30.3 Å². The molecule has 1 aromatic carbocycles. The topological polar surface area (TPSA) is 66.0 Å². The van der Waals surface area contributed by atoms with Gasteiger partial charge in [-0.1, -0.05) is 35.5 Å². The predicted molar refractivity (Wildman–Crippen MR) is 76.4 cm³/mol. The van der Waals surface area contributed by atoms with E-state index in [4.69, 9.17) is 10.5 Å². The SMILES string of the molecule is CCOC(c1ccccc1)C(N)c1c(Br)nnn1C. The van der Waals surface area contributed by atoms with Crippen molar-refractivity contribution in [3.8, 4) is 0 Å². The first-order valence-corrected chi connectivity index (χ1v) is 6.91. The van der Waals surface area contributed by atoms with Gasteiger partial charge in [-0.25, -0.2) is 4.68 Å². The Balaban J connectivity index is 2.34. The van der Waals surface area contributed by atoms with E-state index in [1.54, 1.807) is 4.68 Å². The van der Waals surface area contributed by atoms with Crippen molar-refractivity contribution in [2.45, 2.75) is 19.1 Å². The summed E-state index contributed by atoms with van der Waals surface area (Å²) in [5.41, 5.74) is 8.22. The molecule has 0 aliphatic rings. The molecule has 0 bridgehead atoms. The highest BCUT2D eigenvalue weighted by Gasteiger charge is 2.27. The number of nitrogens with two attached hydrogens (primary N) is 1. The second kappa shape index (κ2) is 6.27. The van der Waals surface area contributed by atoms with Crippen molar-refractivity contribution < 1.29 is 4.74 Å². The fourth-order valence-electron chi connectivity index (χ4n) is 2.07. The van der Waals surface area contributed by atoms with Gasteiger partial charge >= 0.3 is 0 Å². The molecule has 2 atom stereocenters. The lowest BCUT2D eigenvalue weighted by Gasteiger charge is -2.24. The van der Waals surface area contributed by atoms with Crippen molar-refractivity contribution in [1.82, 2.24) is 15.0 Å². The van der Waals surface area contributed by atoms with E-state index in [1.165, 1.54) is 0 Å². The number of hydrogen-bond donors (Lipinski definition) is 1. The Bertz CT molecular complexity index is 509. The maximum Gasteiger partial charge on any atom is 0.153 e. The van der Waals surface area contributed by atoms with E-state index in [-0.39, 0.29) is 12.1 Å². The summed E-state index contributed by atoms with van der Waals surface area (Å²) < 4.78 is 8.13. The molecule has 19 heavy (non-hydrogen) atoms. The molecule has 0 amide bonds. The maximum absolute atomic E-state index is 6.35. The average molecular weight is 325 g/mol. The monoisotopic (exact) mass is 324 g/mol. The summed E-state index contributed by atoms with van der Waals surface area (Å²) in [4.78, 5) is 0. The van der Waals surface area contributed by atoms with Crippen LogP contribution >= 0.6 is 15.9 Å². The number of benzene rings is 1. The molecule has 2 aromatic rings. The first-order chi connectivity index (χ1) is 9.15. The van der Waals surface area contributed by atoms with Crippen LogP contribution in [0.2, 0.25) is 0 Å². The Morgan fingerprint density at radius 2 is 2.05 bits per heavy atom. The summed E-state index contributed by atoms with van der Waals surface area (Å²) in [6.07, 6.45) is -0.222. The van der Waals surface area contributed by atoms with E-state index < -0.39 is 0 Å². The van der Waals surface area contributed by atoms with E-state index in [2.05, 4.69) is 26.2 Å². The minimum atomic E-state index is -0.336. The molecule has 1 aromatic heterocycles. The number of nitrogens with zero attached hydrogens (tertiary/aromatic N) is 3. The van der Waals surface area contributed by atoms with Gasteiger partial charge < -0.3 is 10.5 Å². The smallest absolute Gasteiger partial charge is 0.153 e. The Kier molecular flexibility index (Phi) is 4.68. The van der Waals surface area contributed by atoms with Gasteiger partial charge in [-0.15, -0.1) is 5.10 Å². The van der Waals surface area contributed by atoms with Crippen LogP contribution in [0.5, 0.6) is 0 Å². The van der Waals surface area contributed by atoms with Crippen molar-refractivity contribution in [1.29, 1.82) is 0 Å². The van der Waals surface area contributed by atoms with Gasteiger partial charge in [-0.2, -0.15) is 0 Å². The third kappa shape index (κ3) is 3.02. The van der Waals surface area contributed by atoms with Crippen LogP contribution in [0.3, 0.4) is 0 Å². The first-order valence-electron chi connectivity index (χ1n) is 6.12. The molecule has 0 spiro atoms. The zero-order chi connectivity index (χ0) is 13.8. The number of halogens is 1. The lowest BCUT2D eigenvalue weighted by atomic mass is 10.0.